The Labute approximate surface area is 130 Å². The molecule has 1 aliphatic carbocycles. The van der Waals surface area contributed by atoms with Crippen molar-refractivity contribution in [3.63, 3.8) is 0 Å². The van der Waals surface area contributed by atoms with Gasteiger partial charge in [-0.2, -0.15) is 0 Å². The maximum Gasteiger partial charge on any atom is 0.321 e. The molecular weight excluding hydrogens is 307 g/mol. The number of carbonyl (C=O) groups is 1. The summed E-state index contributed by atoms with van der Waals surface area (Å²) < 4.78 is 13.5. The topological polar surface area (TPSA) is 87.1 Å². The molecule has 1 aromatic heterocycles. The smallest absolute Gasteiger partial charge is 0.321 e. The van der Waals surface area contributed by atoms with Crippen molar-refractivity contribution in [1.29, 1.82) is 0 Å². The van der Waals surface area contributed by atoms with E-state index >= 15 is 0 Å². The Balaban J connectivity index is 1.50. The summed E-state index contributed by atoms with van der Waals surface area (Å²) in [4.78, 5) is 11.7. The van der Waals surface area contributed by atoms with Gasteiger partial charge < -0.3 is 10.4 Å². The third-order valence-electron chi connectivity index (χ3n) is 3.31. The van der Waals surface area contributed by atoms with Crippen LogP contribution in [0, 0.1) is 5.82 Å². The molecule has 1 atom stereocenters. The van der Waals surface area contributed by atoms with Gasteiger partial charge >= 0.3 is 6.03 Å². The van der Waals surface area contributed by atoms with Gasteiger partial charge in [0.2, 0.25) is 5.13 Å². The Kier molecular flexibility index (Phi) is 4.30. The molecule has 1 aromatic carbocycles. The fourth-order valence-corrected chi connectivity index (χ4v) is 2.87. The monoisotopic (exact) mass is 322 g/mol. The van der Waals surface area contributed by atoms with Gasteiger partial charge in [0.15, 0.2) is 0 Å². The van der Waals surface area contributed by atoms with Gasteiger partial charge in [-0.1, -0.05) is 29.5 Å². The number of urea groups is 1. The number of carbonyl (C=O) groups excluding carboxylic acids is 1. The highest BCUT2D eigenvalue weighted by molar-refractivity contribution is 7.15. The highest BCUT2D eigenvalue weighted by Gasteiger charge is 2.27. The summed E-state index contributed by atoms with van der Waals surface area (Å²) in [6.45, 7) is -0.0962. The summed E-state index contributed by atoms with van der Waals surface area (Å²) in [5.41, 5.74) is 0.148. The summed E-state index contributed by atoms with van der Waals surface area (Å²) in [6.07, 6.45) is 1.13. The van der Waals surface area contributed by atoms with Gasteiger partial charge in [0.25, 0.3) is 0 Å². The molecule has 1 saturated carbocycles. The van der Waals surface area contributed by atoms with Crippen LogP contribution in [-0.2, 0) is 0 Å². The second-order valence-electron chi connectivity index (χ2n) is 5.09. The first-order valence-electron chi connectivity index (χ1n) is 6.94. The van der Waals surface area contributed by atoms with Crippen LogP contribution in [0.2, 0.25) is 0 Å². The van der Waals surface area contributed by atoms with Crippen molar-refractivity contribution >= 4 is 22.5 Å². The lowest BCUT2D eigenvalue weighted by Crippen LogP contribution is -2.32. The van der Waals surface area contributed by atoms with Crippen LogP contribution in [0.5, 0.6) is 0 Å². The zero-order valence-corrected chi connectivity index (χ0v) is 12.4. The molecular formula is C14H15FN4O2S. The zero-order chi connectivity index (χ0) is 15.5. The Hall–Kier alpha value is -2.06. The van der Waals surface area contributed by atoms with Crippen LogP contribution in [0.1, 0.15) is 35.4 Å². The fraction of sp³-hybridized carbons (Fsp3) is 0.357. The predicted octanol–water partition coefficient (Wildman–Crippen LogP) is 2.41. The molecule has 0 radical (unpaired) electrons. The lowest BCUT2D eigenvalue weighted by atomic mass is 10.1. The van der Waals surface area contributed by atoms with E-state index in [1.165, 1.54) is 23.5 Å². The van der Waals surface area contributed by atoms with Gasteiger partial charge in [-0.25, -0.2) is 9.18 Å². The molecule has 1 fully saturated rings. The Morgan fingerprint density at radius 2 is 2.18 bits per heavy atom. The molecule has 3 N–H and O–H groups in total. The average molecular weight is 322 g/mol. The van der Waals surface area contributed by atoms with Crippen LogP contribution >= 0.6 is 11.3 Å². The summed E-state index contributed by atoms with van der Waals surface area (Å²) in [5.74, 6) is -0.0191. The minimum Gasteiger partial charge on any atom is -0.386 e. The van der Waals surface area contributed by atoms with Gasteiger partial charge in [0.1, 0.15) is 10.8 Å². The molecule has 1 unspecified atom stereocenters. The second-order valence-corrected chi connectivity index (χ2v) is 6.10. The van der Waals surface area contributed by atoms with Crippen molar-refractivity contribution in [1.82, 2.24) is 15.5 Å². The summed E-state index contributed by atoms with van der Waals surface area (Å²) in [6, 6.07) is 5.40. The largest absolute Gasteiger partial charge is 0.386 e. The number of rotatable bonds is 5. The molecule has 8 heteroatoms. The number of aliphatic hydroxyl groups excluding tert-OH is 1. The van der Waals surface area contributed by atoms with Crippen LogP contribution in [0.3, 0.4) is 0 Å². The number of nitrogens with one attached hydrogen (secondary N) is 2. The molecule has 116 valence electrons. The molecule has 0 bridgehead atoms. The Bertz CT molecular complexity index is 674. The van der Waals surface area contributed by atoms with E-state index in [0.717, 1.165) is 17.8 Å². The van der Waals surface area contributed by atoms with E-state index in [1.807, 2.05) is 0 Å². The van der Waals surface area contributed by atoms with Crippen molar-refractivity contribution in [2.45, 2.75) is 24.9 Å². The van der Waals surface area contributed by atoms with Gasteiger partial charge in [-0.15, -0.1) is 10.2 Å². The summed E-state index contributed by atoms with van der Waals surface area (Å²) in [5, 5.41) is 24.2. The Morgan fingerprint density at radius 3 is 2.91 bits per heavy atom. The van der Waals surface area contributed by atoms with Crippen molar-refractivity contribution in [3.8, 4) is 0 Å². The van der Waals surface area contributed by atoms with Crippen molar-refractivity contribution < 1.29 is 14.3 Å². The lowest BCUT2D eigenvalue weighted by molar-refractivity contribution is 0.170. The Morgan fingerprint density at radius 1 is 1.41 bits per heavy atom. The number of nitrogens with zero attached hydrogens (tertiary/aromatic N) is 2. The van der Waals surface area contributed by atoms with E-state index < -0.39 is 18.0 Å². The first-order valence-corrected chi connectivity index (χ1v) is 7.76. The molecule has 6 nitrogen and oxygen atoms in total. The highest BCUT2D eigenvalue weighted by Crippen LogP contribution is 2.41. The van der Waals surface area contributed by atoms with Crippen LogP contribution < -0.4 is 10.6 Å². The SMILES string of the molecule is O=C(NCC(O)c1ccccc1F)Nc1nnc(C2CC2)s1. The minimum absolute atomic E-state index is 0.0962. The normalized spacial score (nSPS) is 15.4. The minimum atomic E-state index is -1.11. The molecule has 22 heavy (non-hydrogen) atoms. The van der Waals surface area contributed by atoms with E-state index in [2.05, 4.69) is 20.8 Å². The zero-order valence-electron chi connectivity index (χ0n) is 11.6. The van der Waals surface area contributed by atoms with Crippen molar-refractivity contribution in [2.24, 2.45) is 0 Å². The lowest BCUT2D eigenvalue weighted by Gasteiger charge is -2.12. The second kappa shape index (κ2) is 6.37. The standard InChI is InChI=1S/C14H15FN4O2S/c15-10-4-2-1-3-9(10)11(20)7-16-13(21)17-14-19-18-12(22-14)8-5-6-8/h1-4,8,11,20H,5-7H2,(H2,16,17,19,21). The number of aliphatic hydroxyl groups is 1. The van der Waals surface area contributed by atoms with Gasteiger partial charge in [0.05, 0.1) is 6.10 Å². The van der Waals surface area contributed by atoms with Crippen molar-refractivity contribution in [3.05, 3.63) is 40.7 Å². The quantitative estimate of drug-likeness (QED) is 0.789. The van der Waals surface area contributed by atoms with E-state index in [0.29, 0.717) is 11.0 Å². The van der Waals surface area contributed by atoms with E-state index in [1.54, 1.807) is 12.1 Å². The molecule has 0 aliphatic heterocycles. The highest BCUT2D eigenvalue weighted by atomic mass is 32.1. The maximum absolute atomic E-state index is 13.5. The maximum atomic E-state index is 13.5. The number of benzene rings is 1. The third kappa shape index (κ3) is 3.58. The number of hydrogen-bond donors (Lipinski definition) is 3. The molecule has 3 rings (SSSR count). The van der Waals surface area contributed by atoms with E-state index in [9.17, 15) is 14.3 Å². The first kappa shape index (κ1) is 14.9. The number of anilines is 1. The summed E-state index contributed by atoms with van der Waals surface area (Å²) >= 11 is 1.35. The predicted molar refractivity (Wildman–Crippen MR) is 80.3 cm³/mol. The first-order chi connectivity index (χ1) is 10.6. The van der Waals surface area contributed by atoms with Crippen LogP contribution in [-0.4, -0.2) is 27.9 Å². The average Bonchev–Trinajstić information content (AvgIpc) is 3.26. The van der Waals surface area contributed by atoms with Crippen LogP contribution in [0.25, 0.3) is 0 Å². The van der Waals surface area contributed by atoms with Crippen molar-refractivity contribution in [2.75, 3.05) is 11.9 Å². The molecule has 0 spiro atoms. The number of hydrogen-bond acceptors (Lipinski definition) is 5. The van der Waals surface area contributed by atoms with Crippen LogP contribution in [0.4, 0.5) is 14.3 Å². The fourth-order valence-electron chi connectivity index (χ4n) is 1.97. The van der Waals surface area contributed by atoms with E-state index in [-0.39, 0.29) is 12.1 Å². The van der Waals surface area contributed by atoms with E-state index in [4.69, 9.17) is 0 Å². The summed E-state index contributed by atoms with van der Waals surface area (Å²) in [7, 11) is 0. The van der Waals surface area contributed by atoms with Gasteiger partial charge in [-0.05, 0) is 18.9 Å². The van der Waals surface area contributed by atoms with Gasteiger partial charge in [0, 0.05) is 18.0 Å². The van der Waals surface area contributed by atoms with Gasteiger partial charge in [-0.3, -0.25) is 5.32 Å². The molecule has 1 aliphatic rings. The third-order valence-corrected chi connectivity index (χ3v) is 4.31. The number of aromatic nitrogens is 2. The molecule has 1 heterocycles. The molecule has 0 saturated heterocycles. The van der Waals surface area contributed by atoms with Crippen LogP contribution in [0.15, 0.2) is 24.3 Å². The number of amides is 2. The number of halogens is 1. The molecule has 2 amide bonds. The molecule has 2 aromatic rings.